The summed E-state index contributed by atoms with van der Waals surface area (Å²) in [7, 11) is 0. The Bertz CT molecular complexity index is 827. The molecule has 0 radical (unpaired) electrons. The van der Waals surface area contributed by atoms with Crippen molar-refractivity contribution in [2.45, 2.75) is 0 Å². The van der Waals surface area contributed by atoms with Gasteiger partial charge in [0.2, 0.25) is 0 Å². The fraction of sp³-hybridized carbons (Fsp3) is 0. The highest BCUT2D eigenvalue weighted by Crippen LogP contribution is 2.28. The molecule has 3 aromatic rings. The first kappa shape index (κ1) is 12.2. The van der Waals surface area contributed by atoms with Crippen molar-refractivity contribution >= 4 is 34.1 Å². The molecule has 0 spiro atoms. The Morgan fingerprint density at radius 1 is 1.00 bits per heavy atom. The summed E-state index contributed by atoms with van der Waals surface area (Å²) in [6.45, 7) is 0. The lowest BCUT2D eigenvalue weighted by molar-refractivity contribution is 1.12. The van der Waals surface area contributed by atoms with Crippen molar-refractivity contribution in [3.05, 3.63) is 63.0 Å². The number of nitrogens with zero attached hydrogens (tertiary/aromatic N) is 1. The maximum atomic E-state index is 11.6. The summed E-state index contributed by atoms with van der Waals surface area (Å²) in [6.07, 6.45) is 0. The summed E-state index contributed by atoms with van der Waals surface area (Å²) in [5.74, 6) is 0. The second kappa shape index (κ2) is 4.68. The van der Waals surface area contributed by atoms with Crippen molar-refractivity contribution < 1.29 is 0 Å². The Hall–Kier alpha value is -1.84. The minimum absolute atomic E-state index is 0.398. The number of fused-ring (bicyclic) bond motifs is 1. The normalized spacial score (nSPS) is 10.8. The van der Waals surface area contributed by atoms with E-state index in [9.17, 15) is 4.79 Å². The average molecular weight is 291 g/mol. The van der Waals surface area contributed by atoms with E-state index in [0.717, 1.165) is 10.9 Å². The first-order chi connectivity index (χ1) is 9.13. The molecule has 1 N–H and O–H groups in total. The van der Waals surface area contributed by atoms with Crippen molar-refractivity contribution in [3.63, 3.8) is 0 Å². The summed E-state index contributed by atoms with van der Waals surface area (Å²) in [5.41, 5.74) is 1.65. The predicted octanol–water partition coefficient (Wildman–Crippen LogP) is 3.90. The molecular formula is C14H8Cl2N2O. The van der Waals surface area contributed by atoms with E-state index in [1.54, 1.807) is 30.3 Å². The van der Waals surface area contributed by atoms with Gasteiger partial charge in [-0.15, -0.1) is 0 Å². The Morgan fingerprint density at radius 2 is 1.79 bits per heavy atom. The van der Waals surface area contributed by atoms with E-state index in [4.69, 9.17) is 23.2 Å². The zero-order valence-electron chi connectivity index (χ0n) is 9.65. The lowest BCUT2D eigenvalue weighted by Crippen LogP contribution is -2.11. The van der Waals surface area contributed by atoms with E-state index in [1.807, 2.05) is 12.1 Å². The van der Waals surface area contributed by atoms with Gasteiger partial charge in [-0.2, -0.15) is 4.98 Å². The van der Waals surface area contributed by atoms with E-state index in [-0.39, 0.29) is 0 Å². The fourth-order valence-corrected chi connectivity index (χ4v) is 2.34. The highest BCUT2D eigenvalue weighted by atomic mass is 35.5. The number of aromatic nitrogens is 2. The van der Waals surface area contributed by atoms with Crippen LogP contribution in [0.3, 0.4) is 0 Å². The van der Waals surface area contributed by atoms with Crippen LogP contribution >= 0.6 is 23.2 Å². The molecule has 3 rings (SSSR count). The van der Waals surface area contributed by atoms with Crippen molar-refractivity contribution in [3.8, 4) is 11.3 Å². The molecule has 19 heavy (non-hydrogen) atoms. The Balaban J connectivity index is 2.39. The molecule has 1 aromatic heterocycles. The molecule has 0 aliphatic rings. The summed E-state index contributed by atoms with van der Waals surface area (Å²) in [4.78, 5) is 18.3. The molecule has 0 aliphatic heterocycles. The maximum Gasteiger partial charge on any atom is 0.345 e. The summed E-state index contributed by atoms with van der Waals surface area (Å²) >= 11 is 12.0. The van der Waals surface area contributed by atoms with Gasteiger partial charge in [-0.1, -0.05) is 35.3 Å². The Labute approximate surface area is 118 Å². The number of hydrogen-bond acceptors (Lipinski definition) is 2. The van der Waals surface area contributed by atoms with Gasteiger partial charge in [-0.3, -0.25) is 0 Å². The largest absolute Gasteiger partial charge is 0.345 e. The second-order valence-electron chi connectivity index (χ2n) is 4.09. The quantitative estimate of drug-likeness (QED) is 0.739. The molecule has 1 heterocycles. The van der Waals surface area contributed by atoms with Crippen LogP contribution in [0.5, 0.6) is 0 Å². The van der Waals surface area contributed by atoms with Crippen LogP contribution < -0.4 is 5.69 Å². The predicted molar refractivity (Wildman–Crippen MR) is 77.8 cm³/mol. The number of H-pyrrole nitrogens is 1. The topological polar surface area (TPSA) is 45.8 Å². The zero-order chi connectivity index (χ0) is 13.4. The van der Waals surface area contributed by atoms with E-state index in [2.05, 4.69) is 9.97 Å². The van der Waals surface area contributed by atoms with Crippen molar-refractivity contribution in [2.75, 3.05) is 0 Å². The highest BCUT2D eigenvalue weighted by Gasteiger charge is 2.08. The van der Waals surface area contributed by atoms with Gasteiger partial charge in [-0.05, 0) is 30.3 Å². The Kier molecular flexibility index (Phi) is 3.01. The van der Waals surface area contributed by atoms with E-state index in [0.29, 0.717) is 21.3 Å². The van der Waals surface area contributed by atoms with E-state index < -0.39 is 5.69 Å². The Morgan fingerprint density at radius 3 is 2.58 bits per heavy atom. The van der Waals surface area contributed by atoms with Gasteiger partial charge in [-0.25, -0.2) is 4.79 Å². The van der Waals surface area contributed by atoms with Crippen LogP contribution in [0.1, 0.15) is 0 Å². The number of aromatic amines is 1. The van der Waals surface area contributed by atoms with Crippen LogP contribution in [0, 0.1) is 0 Å². The molecule has 0 unspecified atom stereocenters. The third-order valence-corrected chi connectivity index (χ3v) is 3.26. The first-order valence-corrected chi connectivity index (χ1v) is 6.34. The van der Waals surface area contributed by atoms with Crippen molar-refractivity contribution in [1.29, 1.82) is 0 Å². The number of nitrogens with one attached hydrogen (secondary N) is 1. The molecule has 0 bridgehead atoms. The van der Waals surface area contributed by atoms with Crippen LogP contribution in [0.4, 0.5) is 0 Å². The van der Waals surface area contributed by atoms with Crippen molar-refractivity contribution in [2.24, 2.45) is 0 Å². The number of halogens is 2. The molecule has 0 atom stereocenters. The van der Waals surface area contributed by atoms with E-state index >= 15 is 0 Å². The first-order valence-electron chi connectivity index (χ1n) is 5.59. The molecular weight excluding hydrogens is 283 g/mol. The monoisotopic (exact) mass is 290 g/mol. The van der Waals surface area contributed by atoms with Gasteiger partial charge in [0.05, 0.1) is 11.2 Å². The van der Waals surface area contributed by atoms with Gasteiger partial charge in [0.15, 0.2) is 0 Å². The van der Waals surface area contributed by atoms with Gasteiger partial charge in [0, 0.05) is 21.0 Å². The third-order valence-electron chi connectivity index (χ3n) is 2.79. The molecule has 0 saturated heterocycles. The standard InChI is InChI=1S/C14H8Cl2N2O/c15-9-3-1-2-8(6-9)13-11-7-10(16)4-5-12(11)17-14(19)18-13/h1-7H,(H,17,18,19). The van der Waals surface area contributed by atoms with Gasteiger partial charge in [0.1, 0.15) is 0 Å². The molecule has 5 heteroatoms. The smallest absolute Gasteiger partial charge is 0.305 e. The number of rotatable bonds is 1. The van der Waals surface area contributed by atoms with Crippen molar-refractivity contribution in [1.82, 2.24) is 9.97 Å². The molecule has 3 nitrogen and oxygen atoms in total. The molecule has 0 aliphatic carbocycles. The summed E-state index contributed by atoms with van der Waals surface area (Å²) in [5, 5.41) is 1.97. The maximum absolute atomic E-state index is 11.6. The van der Waals surface area contributed by atoms with Gasteiger partial charge in [0.25, 0.3) is 0 Å². The molecule has 0 fully saturated rings. The molecule has 94 valence electrons. The fourth-order valence-electron chi connectivity index (χ4n) is 1.98. The highest BCUT2D eigenvalue weighted by molar-refractivity contribution is 6.31. The summed E-state index contributed by atoms with van der Waals surface area (Å²) < 4.78 is 0. The average Bonchev–Trinajstić information content (AvgIpc) is 2.38. The molecule has 0 amide bonds. The zero-order valence-corrected chi connectivity index (χ0v) is 11.2. The molecule has 2 aromatic carbocycles. The van der Waals surface area contributed by atoms with E-state index in [1.165, 1.54) is 0 Å². The summed E-state index contributed by atoms with van der Waals surface area (Å²) in [6, 6.07) is 12.5. The number of hydrogen-bond donors (Lipinski definition) is 1. The third kappa shape index (κ3) is 2.35. The lowest BCUT2D eigenvalue weighted by Gasteiger charge is -2.06. The SMILES string of the molecule is O=c1nc(-c2cccc(Cl)c2)c2cc(Cl)ccc2[nH]1. The molecule has 0 saturated carbocycles. The van der Waals surface area contributed by atoms with Gasteiger partial charge >= 0.3 is 5.69 Å². The second-order valence-corrected chi connectivity index (χ2v) is 4.96. The number of benzene rings is 2. The van der Waals surface area contributed by atoms with Gasteiger partial charge < -0.3 is 4.98 Å². The van der Waals surface area contributed by atoms with Crippen LogP contribution in [-0.2, 0) is 0 Å². The van der Waals surface area contributed by atoms with Crippen LogP contribution in [0.25, 0.3) is 22.2 Å². The lowest BCUT2D eigenvalue weighted by atomic mass is 10.1. The van der Waals surface area contributed by atoms with Crippen LogP contribution in [0.15, 0.2) is 47.3 Å². The minimum atomic E-state index is -0.398. The van der Waals surface area contributed by atoms with Crippen LogP contribution in [0.2, 0.25) is 10.0 Å². The van der Waals surface area contributed by atoms with Crippen LogP contribution in [-0.4, -0.2) is 9.97 Å². The minimum Gasteiger partial charge on any atom is -0.305 e.